The lowest BCUT2D eigenvalue weighted by Gasteiger charge is -1.99. The lowest BCUT2D eigenvalue weighted by atomic mass is 10.2. The molecule has 2 rings (SSSR count). The highest BCUT2D eigenvalue weighted by atomic mass is 16.6. The van der Waals surface area contributed by atoms with Crippen molar-refractivity contribution in [3.8, 4) is 0 Å². The molecule has 2 aromatic heterocycles. The maximum Gasteiger partial charge on any atom is 0.335 e. The fourth-order valence-corrected chi connectivity index (χ4v) is 1.31. The highest BCUT2D eigenvalue weighted by molar-refractivity contribution is 5.89. The number of hydrogen-bond donors (Lipinski definition) is 3. The van der Waals surface area contributed by atoms with E-state index in [1.165, 1.54) is 0 Å². The van der Waals surface area contributed by atoms with Crippen molar-refractivity contribution in [3.63, 3.8) is 0 Å². The first-order valence-corrected chi connectivity index (χ1v) is 4.06. The molecule has 9 heteroatoms. The first-order chi connectivity index (χ1) is 7.50. The molecule has 0 amide bonds. The number of nitro groups is 1. The molecule has 0 aliphatic carbocycles. The van der Waals surface area contributed by atoms with Crippen molar-refractivity contribution in [1.82, 2.24) is 15.0 Å². The van der Waals surface area contributed by atoms with Crippen LogP contribution in [0, 0.1) is 10.1 Å². The monoisotopic (exact) mass is 223 g/mol. The number of aromatic amines is 2. The quantitative estimate of drug-likeness (QED) is 0.421. The molecule has 0 saturated heterocycles. The van der Waals surface area contributed by atoms with Crippen LogP contribution >= 0.6 is 0 Å². The van der Waals surface area contributed by atoms with Crippen LogP contribution in [0.2, 0.25) is 0 Å². The first kappa shape index (κ1) is 9.83. The molecule has 0 aliphatic heterocycles. The molecule has 0 atom stereocenters. The molecule has 2 heterocycles. The summed E-state index contributed by atoms with van der Waals surface area (Å²) in [6.45, 7) is 0. The Bertz CT molecular complexity index is 700. The van der Waals surface area contributed by atoms with E-state index in [2.05, 4.69) is 9.97 Å². The van der Waals surface area contributed by atoms with Gasteiger partial charge >= 0.3 is 11.4 Å². The molecule has 16 heavy (non-hydrogen) atoms. The van der Waals surface area contributed by atoms with Crippen molar-refractivity contribution in [3.05, 3.63) is 37.1 Å². The predicted molar refractivity (Wildman–Crippen MR) is 54.1 cm³/mol. The molecule has 0 bridgehead atoms. The summed E-state index contributed by atoms with van der Waals surface area (Å²) in [4.78, 5) is 39.8. The Hall–Kier alpha value is -2.71. The lowest BCUT2D eigenvalue weighted by Crippen LogP contribution is -2.22. The zero-order valence-corrected chi connectivity index (χ0v) is 7.68. The Labute approximate surface area is 86.1 Å². The van der Waals surface area contributed by atoms with Crippen LogP contribution < -0.4 is 17.0 Å². The molecule has 0 aliphatic rings. The summed E-state index contributed by atoms with van der Waals surface area (Å²) in [5.41, 5.74) is 2.89. The van der Waals surface area contributed by atoms with Gasteiger partial charge in [0.2, 0.25) is 5.82 Å². The zero-order chi connectivity index (χ0) is 11.9. The minimum absolute atomic E-state index is 0.0968. The van der Waals surface area contributed by atoms with E-state index in [-0.39, 0.29) is 16.7 Å². The molecule has 4 N–H and O–H groups in total. The lowest BCUT2D eigenvalue weighted by molar-refractivity contribution is -0.382. The highest BCUT2D eigenvalue weighted by Crippen LogP contribution is 2.24. The second kappa shape index (κ2) is 3.15. The summed E-state index contributed by atoms with van der Waals surface area (Å²) in [7, 11) is 0. The minimum atomic E-state index is -0.841. The van der Waals surface area contributed by atoms with Crippen molar-refractivity contribution in [2.24, 2.45) is 0 Å². The number of hydrogen-bond acceptors (Lipinski definition) is 6. The molecule has 0 unspecified atom stereocenters. The number of nitrogens with zero attached hydrogens (tertiary/aromatic N) is 2. The Morgan fingerprint density at radius 3 is 2.69 bits per heavy atom. The van der Waals surface area contributed by atoms with E-state index in [1.54, 1.807) is 0 Å². The average Bonchev–Trinajstić information content (AvgIpc) is 2.15. The Morgan fingerprint density at radius 2 is 2.06 bits per heavy atom. The van der Waals surface area contributed by atoms with Gasteiger partial charge in [0.25, 0.3) is 5.56 Å². The van der Waals surface area contributed by atoms with Crippen molar-refractivity contribution in [1.29, 1.82) is 0 Å². The highest BCUT2D eigenvalue weighted by Gasteiger charge is 2.20. The van der Waals surface area contributed by atoms with Crippen LogP contribution in [-0.4, -0.2) is 19.9 Å². The number of H-pyrrole nitrogens is 2. The van der Waals surface area contributed by atoms with Crippen molar-refractivity contribution in [2.45, 2.75) is 0 Å². The van der Waals surface area contributed by atoms with Crippen LogP contribution in [0.3, 0.4) is 0 Å². The molecule has 82 valence electrons. The summed E-state index contributed by atoms with van der Waals surface area (Å²) in [6.07, 6.45) is 1.06. The molecule has 0 saturated carbocycles. The van der Waals surface area contributed by atoms with E-state index >= 15 is 0 Å². The number of fused-ring (bicyclic) bond motifs is 1. The van der Waals surface area contributed by atoms with Gasteiger partial charge in [0.05, 0.1) is 10.3 Å². The summed E-state index contributed by atoms with van der Waals surface area (Å²) in [6, 6.07) is 0. The van der Waals surface area contributed by atoms with Crippen LogP contribution in [0.15, 0.2) is 15.8 Å². The molecular formula is C7H5N5O4. The predicted octanol–water partition coefficient (Wildman–Crippen LogP) is -0.898. The summed E-state index contributed by atoms with van der Waals surface area (Å²) >= 11 is 0. The van der Waals surface area contributed by atoms with Gasteiger partial charge in [-0.15, -0.1) is 0 Å². The first-order valence-electron chi connectivity index (χ1n) is 4.06. The molecule has 0 fully saturated rings. The van der Waals surface area contributed by atoms with E-state index in [0.717, 1.165) is 6.20 Å². The Balaban J connectivity index is 3.09. The van der Waals surface area contributed by atoms with Crippen LogP contribution in [0.25, 0.3) is 10.9 Å². The topological polar surface area (TPSA) is 148 Å². The molecule has 0 aromatic carbocycles. The number of aromatic nitrogens is 3. The van der Waals surface area contributed by atoms with Gasteiger partial charge in [-0.2, -0.15) is 0 Å². The third-order valence-corrected chi connectivity index (χ3v) is 1.97. The Kier molecular flexibility index (Phi) is 1.94. The standard InChI is InChI=1S/C7H5N5O4/c8-5-4(12(15)16)3-2(1-9-5)6(13)11-7(14)10-3/h1H,(H2,8,9)(H2,10,11,13,14). The van der Waals surface area contributed by atoms with Crippen molar-refractivity contribution < 1.29 is 4.92 Å². The zero-order valence-electron chi connectivity index (χ0n) is 7.68. The van der Waals surface area contributed by atoms with Gasteiger partial charge in [-0.3, -0.25) is 19.9 Å². The number of pyridine rings is 1. The maximum absolute atomic E-state index is 11.3. The van der Waals surface area contributed by atoms with Crippen LogP contribution in [0.5, 0.6) is 0 Å². The number of rotatable bonds is 1. The smallest absolute Gasteiger partial charge is 0.335 e. The third-order valence-electron chi connectivity index (χ3n) is 1.97. The van der Waals surface area contributed by atoms with E-state index in [9.17, 15) is 19.7 Å². The summed E-state index contributed by atoms with van der Waals surface area (Å²) < 4.78 is 0. The van der Waals surface area contributed by atoms with Gasteiger partial charge in [-0.05, 0) is 0 Å². The van der Waals surface area contributed by atoms with Gasteiger partial charge < -0.3 is 10.7 Å². The van der Waals surface area contributed by atoms with Gasteiger partial charge in [-0.25, -0.2) is 9.78 Å². The summed E-state index contributed by atoms with van der Waals surface area (Å²) in [5.74, 6) is -0.362. The maximum atomic E-state index is 11.3. The van der Waals surface area contributed by atoms with E-state index < -0.39 is 21.9 Å². The molecule has 9 nitrogen and oxygen atoms in total. The Morgan fingerprint density at radius 1 is 1.38 bits per heavy atom. The molecule has 0 spiro atoms. The number of anilines is 1. The van der Waals surface area contributed by atoms with Gasteiger partial charge in [0, 0.05) is 6.20 Å². The van der Waals surface area contributed by atoms with Crippen molar-refractivity contribution >= 4 is 22.4 Å². The molecule has 0 radical (unpaired) electrons. The van der Waals surface area contributed by atoms with Crippen LogP contribution in [0.1, 0.15) is 0 Å². The number of nitrogens with one attached hydrogen (secondary N) is 2. The molecule has 2 aromatic rings. The van der Waals surface area contributed by atoms with E-state index in [0.29, 0.717) is 0 Å². The fourth-order valence-electron chi connectivity index (χ4n) is 1.31. The normalized spacial score (nSPS) is 10.5. The van der Waals surface area contributed by atoms with Gasteiger partial charge in [0.1, 0.15) is 5.52 Å². The SMILES string of the molecule is Nc1ncc2c(=O)[nH]c(=O)[nH]c2c1[N+](=O)[O-]. The summed E-state index contributed by atoms with van der Waals surface area (Å²) in [5, 5.41) is 10.6. The number of nitrogens with two attached hydrogens (primary N) is 1. The minimum Gasteiger partial charge on any atom is -0.378 e. The van der Waals surface area contributed by atoms with Crippen LogP contribution in [-0.2, 0) is 0 Å². The van der Waals surface area contributed by atoms with Gasteiger partial charge in [-0.1, -0.05) is 0 Å². The van der Waals surface area contributed by atoms with Crippen LogP contribution in [0.4, 0.5) is 11.5 Å². The van der Waals surface area contributed by atoms with Crippen molar-refractivity contribution in [2.75, 3.05) is 5.73 Å². The average molecular weight is 223 g/mol. The fraction of sp³-hybridized carbons (Fsp3) is 0. The molecular weight excluding hydrogens is 218 g/mol. The number of nitrogen functional groups attached to an aromatic ring is 1. The van der Waals surface area contributed by atoms with E-state index in [1.807, 2.05) is 4.98 Å². The second-order valence-corrected chi connectivity index (χ2v) is 2.95. The van der Waals surface area contributed by atoms with E-state index in [4.69, 9.17) is 5.73 Å². The third kappa shape index (κ3) is 1.30. The van der Waals surface area contributed by atoms with Gasteiger partial charge in [0.15, 0.2) is 0 Å². The second-order valence-electron chi connectivity index (χ2n) is 2.95. The largest absolute Gasteiger partial charge is 0.378 e.